The summed E-state index contributed by atoms with van der Waals surface area (Å²) in [7, 11) is 0. The molecule has 1 fully saturated rings. The minimum atomic E-state index is -0.264. The van der Waals surface area contributed by atoms with E-state index in [1.165, 1.54) is 19.0 Å². The standard InChI is InChI=1S/C31H36N4O3/c1-5-19(2)12-25-26(30(37)33-17-27-20(3)13-21(4)34-31(27)38)14-23(28-11-10-22(18-36)16-32-28)15-29(25)35-24-8-6-7-9-24/h10-16,18,24,35H,5-9,17H2,1-4H3,(H,33,37)(H,34,38)/b19-12+. The molecule has 1 amide bonds. The summed E-state index contributed by atoms with van der Waals surface area (Å²) < 4.78 is 0. The van der Waals surface area contributed by atoms with Crippen LogP contribution in [0.25, 0.3) is 17.3 Å². The molecule has 7 nitrogen and oxygen atoms in total. The van der Waals surface area contributed by atoms with Crippen molar-refractivity contribution < 1.29 is 9.59 Å². The van der Waals surface area contributed by atoms with E-state index in [4.69, 9.17) is 0 Å². The Morgan fingerprint density at radius 1 is 1.16 bits per heavy atom. The van der Waals surface area contributed by atoms with Crippen molar-refractivity contribution in [2.75, 3.05) is 5.32 Å². The third-order valence-corrected chi connectivity index (χ3v) is 7.23. The van der Waals surface area contributed by atoms with Crippen molar-refractivity contribution in [1.29, 1.82) is 0 Å². The van der Waals surface area contributed by atoms with E-state index in [0.29, 0.717) is 28.4 Å². The molecule has 1 aliphatic rings. The Morgan fingerprint density at radius 2 is 1.92 bits per heavy atom. The highest BCUT2D eigenvalue weighted by Crippen LogP contribution is 2.33. The van der Waals surface area contributed by atoms with Gasteiger partial charge in [0.05, 0.1) is 5.69 Å². The van der Waals surface area contributed by atoms with Crippen molar-refractivity contribution in [2.24, 2.45) is 0 Å². The third kappa shape index (κ3) is 6.28. The van der Waals surface area contributed by atoms with E-state index in [-0.39, 0.29) is 18.0 Å². The molecule has 1 aromatic carbocycles. The highest BCUT2D eigenvalue weighted by molar-refractivity contribution is 6.01. The van der Waals surface area contributed by atoms with E-state index in [9.17, 15) is 14.4 Å². The quantitative estimate of drug-likeness (QED) is 0.307. The highest BCUT2D eigenvalue weighted by atomic mass is 16.2. The number of aldehydes is 1. The number of anilines is 1. The van der Waals surface area contributed by atoms with Crippen LogP contribution in [-0.2, 0) is 6.54 Å². The van der Waals surface area contributed by atoms with Gasteiger partial charge >= 0.3 is 0 Å². The number of nitrogens with zero attached hydrogens (tertiary/aromatic N) is 1. The number of allylic oxidation sites excluding steroid dienone is 1. The van der Waals surface area contributed by atoms with Crippen molar-refractivity contribution in [2.45, 2.75) is 72.4 Å². The molecular weight excluding hydrogens is 476 g/mol. The first-order valence-corrected chi connectivity index (χ1v) is 13.3. The van der Waals surface area contributed by atoms with Gasteiger partial charge in [0, 0.05) is 58.0 Å². The van der Waals surface area contributed by atoms with E-state index in [2.05, 4.69) is 40.5 Å². The molecule has 0 saturated heterocycles. The fourth-order valence-corrected chi connectivity index (χ4v) is 4.91. The Balaban J connectivity index is 1.79. The normalized spacial score (nSPS) is 13.9. The lowest BCUT2D eigenvalue weighted by Gasteiger charge is -2.20. The van der Waals surface area contributed by atoms with Crippen LogP contribution in [0.2, 0.25) is 0 Å². The molecule has 0 bridgehead atoms. The molecule has 198 valence electrons. The van der Waals surface area contributed by atoms with Crippen molar-refractivity contribution in [3.05, 3.63) is 86.0 Å². The largest absolute Gasteiger partial charge is 0.382 e. The van der Waals surface area contributed by atoms with Gasteiger partial charge in [-0.3, -0.25) is 19.4 Å². The number of hydrogen-bond acceptors (Lipinski definition) is 5. The molecule has 0 unspecified atom stereocenters. The number of pyridine rings is 2. The summed E-state index contributed by atoms with van der Waals surface area (Å²) in [5.41, 5.74) is 7.30. The predicted octanol–water partition coefficient (Wildman–Crippen LogP) is 5.96. The smallest absolute Gasteiger partial charge is 0.253 e. The van der Waals surface area contributed by atoms with Crippen LogP contribution in [-0.4, -0.2) is 28.2 Å². The molecule has 0 spiro atoms. The number of carbonyl (C=O) groups excluding carboxylic acids is 2. The number of aromatic amines is 1. The van der Waals surface area contributed by atoms with Gasteiger partial charge in [-0.05, 0) is 75.9 Å². The number of nitrogens with one attached hydrogen (secondary N) is 3. The van der Waals surface area contributed by atoms with E-state index in [0.717, 1.165) is 59.2 Å². The van der Waals surface area contributed by atoms with Crippen LogP contribution in [0.4, 0.5) is 5.69 Å². The van der Waals surface area contributed by atoms with E-state index in [1.807, 2.05) is 32.0 Å². The maximum absolute atomic E-state index is 13.7. The lowest BCUT2D eigenvalue weighted by molar-refractivity contribution is 0.0950. The second kappa shape index (κ2) is 12.0. The van der Waals surface area contributed by atoms with Crippen molar-refractivity contribution in [1.82, 2.24) is 15.3 Å². The van der Waals surface area contributed by atoms with Gasteiger partial charge in [0.25, 0.3) is 11.5 Å². The Hall–Kier alpha value is -4.00. The monoisotopic (exact) mass is 512 g/mol. The van der Waals surface area contributed by atoms with Crippen LogP contribution >= 0.6 is 0 Å². The number of amides is 1. The summed E-state index contributed by atoms with van der Waals surface area (Å²) in [6.07, 6.45) is 9.77. The zero-order valence-electron chi connectivity index (χ0n) is 22.6. The van der Waals surface area contributed by atoms with Crippen LogP contribution in [0.3, 0.4) is 0 Å². The minimum Gasteiger partial charge on any atom is -0.382 e. The number of H-pyrrole nitrogens is 1. The Bertz CT molecular complexity index is 1410. The summed E-state index contributed by atoms with van der Waals surface area (Å²) in [4.78, 5) is 44.7. The maximum atomic E-state index is 13.7. The number of aromatic nitrogens is 2. The average molecular weight is 513 g/mol. The molecule has 0 aliphatic heterocycles. The molecule has 0 radical (unpaired) electrons. The molecule has 1 saturated carbocycles. The summed E-state index contributed by atoms with van der Waals surface area (Å²) in [5.74, 6) is -0.264. The van der Waals surface area contributed by atoms with E-state index < -0.39 is 0 Å². The second-order valence-corrected chi connectivity index (χ2v) is 10.2. The second-order valence-electron chi connectivity index (χ2n) is 10.2. The van der Waals surface area contributed by atoms with Gasteiger partial charge < -0.3 is 15.6 Å². The summed E-state index contributed by atoms with van der Waals surface area (Å²) in [5, 5.41) is 6.68. The third-order valence-electron chi connectivity index (χ3n) is 7.23. The van der Waals surface area contributed by atoms with E-state index in [1.54, 1.807) is 12.1 Å². The lowest BCUT2D eigenvalue weighted by Crippen LogP contribution is -2.29. The first kappa shape index (κ1) is 27.0. The first-order chi connectivity index (χ1) is 18.3. The molecule has 1 aliphatic carbocycles. The SMILES string of the molecule is CC/C(C)=C/c1c(NC2CCCC2)cc(-c2ccc(C=O)cn2)cc1C(=O)NCc1c(C)cc(C)[nH]c1=O. The molecule has 0 atom stereocenters. The zero-order chi connectivity index (χ0) is 27.2. The number of rotatable bonds is 9. The maximum Gasteiger partial charge on any atom is 0.253 e. The number of aryl methyl sites for hydroxylation is 2. The van der Waals surface area contributed by atoms with Gasteiger partial charge in [-0.25, -0.2) is 0 Å². The molecule has 2 heterocycles. The lowest BCUT2D eigenvalue weighted by atomic mass is 9.96. The van der Waals surface area contributed by atoms with Crippen LogP contribution < -0.4 is 16.2 Å². The first-order valence-electron chi connectivity index (χ1n) is 13.3. The predicted molar refractivity (Wildman–Crippen MR) is 153 cm³/mol. The highest BCUT2D eigenvalue weighted by Gasteiger charge is 2.21. The van der Waals surface area contributed by atoms with Crippen molar-refractivity contribution in [3.63, 3.8) is 0 Å². The molecule has 3 aromatic rings. The molecule has 2 aromatic heterocycles. The zero-order valence-corrected chi connectivity index (χ0v) is 22.6. The summed E-state index contributed by atoms with van der Waals surface area (Å²) in [6, 6.07) is 9.65. The van der Waals surface area contributed by atoms with Gasteiger partial charge in [0.1, 0.15) is 0 Å². The van der Waals surface area contributed by atoms with Crippen LogP contribution in [0.15, 0.2) is 46.9 Å². The van der Waals surface area contributed by atoms with Gasteiger partial charge in [-0.15, -0.1) is 0 Å². The molecule has 3 N–H and O–H groups in total. The fourth-order valence-electron chi connectivity index (χ4n) is 4.91. The Morgan fingerprint density at radius 3 is 2.55 bits per heavy atom. The van der Waals surface area contributed by atoms with E-state index >= 15 is 0 Å². The van der Waals surface area contributed by atoms with Gasteiger partial charge in [0.2, 0.25) is 0 Å². The summed E-state index contributed by atoms with van der Waals surface area (Å²) in [6.45, 7) is 7.99. The van der Waals surface area contributed by atoms with Crippen LogP contribution in [0, 0.1) is 13.8 Å². The number of benzene rings is 1. The number of hydrogen-bond donors (Lipinski definition) is 3. The topological polar surface area (TPSA) is 104 Å². The number of carbonyl (C=O) groups is 2. The Labute approximate surface area is 223 Å². The molecule has 4 rings (SSSR count). The molecular formula is C31H36N4O3. The van der Waals surface area contributed by atoms with Gasteiger partial charge in [-0.1, -0.05) is 31.4 Å². The minimum absolute atomic E-state index is 0.123. The van der Waals surface area contributed by atoms with Crippen LogP contribution in [0.1, 0.15) is 89.1 Å². The van der Waals surface area contributed by atoms with Crippen molar-refractivity contribution in [3.8, 4) is 11.3 Å². The molecule has 38 heavy (non-hydrogen) atoms. The van der Waals surface area contributed by atoms with Crippen molar-refractivity contribution >= 4 is 24.0 Å². The molecule has 7 heteroatoms. The summed E-state index contributed by atoms with van der Waals surface area (Å²) >= 11 is 0. The van der Waals surface area contributed by atoms with Crippen LogP contribution in [0.5, 0.6) is 0 Å². The fraction of sp³-hybridized carbons (Fsp3) is 0.355. The van der Waals surface area contributed by atoms with Gasteiger partial charge in [-0.2, -0.15) is 0 Å². The van der Waals surface area contributed by atoms with Gasteiger partial charge in [0.15, 0.2) is 6.29 Å². The Kier molecular flexibility index (Phi) is 8.56. The average Bonchev–Trinajstić information content (AvgIpc) is 3.41.